The molecule has 0 radical (unpaired) electrons. The standard InChI is InChI=1S/C25H24N8O2/c1-4-21-20(24-27-23(25(34)35-5-2)30-33(24)15(3)26-21)14-16-11-12-18(17-9-7-6-8-10-17)19(13-16)22-28-31-32-29-22/h6-13H,4-5,14H2,1-3H3,(H,28,29,31,32). The van der Waals surface area contributed by atoms with Gasteiger partial charge in [0.05, 0.1) is 6.61 Å². The molecule has 1 N–H and O–H groups in total. The van der Waals surface area contributed by atoms with Crippen molar-refractivity contribution in [3.05, 3.63) is 77.0 Å². The van der Waals surface area contributed by atoms with Crippen molar-refractivity contribution in [3.63, 3.8) is 0 Å². The van der Waals surface area contributed by atoms with E-state index in [9.17, 15) is 4.79 Å². The number of H-pyrrole nitrogens is 1. The third kappa shape index (κ3) is 4.25. The van der Waals surface area contributed by atoms with Crippen LogP contribution >= 0.6 is 0 Å². The molecule has 0 saturated heterocycles. The number of hydrogen-bond acceptors (Lipinski definition) is 8. The maximum atomic E-state index is 12.3. The van der Waals surface area contributed by atoms with Crippen LogP contribution in [-0.2, 0) is 17.6 Å². The van der Waals surface area contributed by atoms with Crippen LogP contribution in [0.1, 0.15) is 47.1 Å². The predicted molar refractivity (Wildman–Crippen MR) is 129 cm³/mol. The van der Waals surface area contributed by atoms with Crippen LogP contribution in [0.15, 0.2) is 48.5 Å². The van der Waals surface area contributed by atoms with Gasteiger partial charge in [-0.2, -0.15) is 4.52 Å². The Morgan fingerprint density at radius 3 is 2.60 bits per heavy atom. The minimum atomic E-state index is -0.549. The first-order valence-corrected chi connectivity index (χ1v) is 11.4. The van der Waals surface area contributed by atoms with Gasteiger partial charge in [-0.3, -0.25) is 0 Å². The van der Waals surface area contributed by atoms with Crippen molar-refractivity contribution in [2.24, 2.45) is 0 Å². The average molecular weight is 469 g/mol. The number of aromatic nitrogens is 8. The minimum Gasteiger partial charge on any atom is -0.460 e. The molecular formula is C25H24N8O2. The summed E-state index contributed by atoms with van der Waals surface area (Å²) in [5, 5.41) is 18.9. The summed E-state index contributed by atoms with van der Waals surface area (Å²) in [6.45, 7) is 5.91. The molecule has 0 aliphatic rings. The molecule has 0 spiro atoms. The van der Waals surface area contributed by atoms with Crippen LogP contribution in [0, 0.1) is 6.92 Å². The van der Waals surface area contributed by atoms with Gasteiger partial charge >= 0.3 is 5.97 Å². The van der Waals surface area contributed by atoms with E-state index in [1.807, 2.05) is 25.1 Å². The Kier molecular flexibility index (Phi) is 6.01. The number of tetrazole rings is 1. The molecule has 0 atom stereocenters. The molecule has 2 aromatic carbocycles. The zero-order chi connectivity index (χ0) is 24.4. The molecule has 0 bridgehead atoms. The fourth-order valence-electron chi connectivity index (χ4n) is 4.17. The number of ether oxygens (including phenoxy) is 1. The summed E-state index contributed by atoms with van der Waals surface area (Å²) in [5.74, 6) is 0.725. The van der Waals surface area contributed by atoms with Crippen molar-refractivity contribution in [2.75, 3.05) is 6.61 Å². The third-order valence-corrected chi connectivity index (χ3v) is 5.77. The highest BCUT2D eigenvalue weighted by atomic mass is 16.5. The summed E-state index contributed by atoms with van der Waals surface area (Å²) in [6.07, 6.45) is 1.26. The Morgan fingerprint density at radius 1 is 1.06 bits per heavy atom. The van der Waals surface area contributed by atoms with Crippen LogP contribution in [0.3, 0.4) is 0 Å². The van der Waals surface area contributed by atoms with Crippen molar-refractivity contribution in [1.82, 2.24) is 40.2 Å². The molecule has 35 heavy (non-hydrogen) atoms. The van der Waals surface area contributed by atoms with Crippen molar-refractivity contribution < 1.29 is 9.53 Å². The summed E-state index contributed by atoms with van der Waals surface area (Å²) in [7, 11) is 0. The number of esters is 1. The van der Waals surface area contributed by atoms with Crippen LogP contribution in [0.25, 0.3) is 28.2 Å². The van der Waals surface area contributed by atoms with Crippen LogP contribution < -0.4 is 0 Å². The summed E-state index contributed by atoms with van der Waals surface area (Å²) in [6, 6.07) is 16.3. The largest absolute Gasteiger partial charge is 0.460 e. The first-order chi connectivity index (χ1) is 17.1. The zero-order valence-electron chi connectivity index (χ0n) is 19.7. The molecule has 176 valence electrons. The van der Waals surface area contributed by atoms with Crippen LogP contribution in [0.2, 0.25) is 0 Å². The minimum absolute atomic E-state index is 0.0269. The molecule has 3 aromatic heterocycles. The van der Waals surface area contributed by atoms with E-state index in [-0.39, 0.29) is 12.4 Å². The van der Waals surface area contributed by atoms with Gasteiger partial charge in [-0.15, -0.1) is 10.2 Å². The van der Waals surface area contributed by atoms with Crippen molar-refractivity contribution in [3.8, 4) is 22.5 Å². The number of carbonyl (C=O) groups is 1. The average Bonchev–Trinajstić information content (AvgIpc) is 3.57. The normalized spacial score (nSPS) is 11.2. The summed E-state index contributed by atoms with van der Waals surface area (Å²) < 4.78 is 6.72. The molecule has 0 saturated carbocycles. The SMILES string of the molecule is CCOC(=O)c1nc2c(Cc3ccc(-c4ccccc4)c(-c4nnn[nH]4)c3)c(CC)nc(C)n2n1. The van der Waals surface area contributed by atoms with Gasteiger partial charge in [-0.1, -0.05) is 49.4 Å². The van der Waals surface area contributed by atoms with E-state index in [0.717, 1.165) is 39.9 Å². The lowest BCUT2D eigenvalue weighted by Gasteiger charge is -2.13. The Bertz CT molecular complexity index is 1490. The monoisotopic (exact) mass is 468 g/mol. The molecule has 5 rings (SSSR count). The number of nitrogens with one attached hydrogen (secondary N) is 1. The number of nitrogens with zero attached hydrogens (tertiary/aromatic N) is 7. The van der Waals surface area contributed by atoms with Crippen LogP contribution in [0.4, 0.5) is 0 Å². The van der Waals surface area contributed by atoms with Gasteiger partial charge in [0, 0.05) is 23.2 Å². The highest BCUT2D eigenvalue weighted by Gasteiger charge is 2.21. The number of fused-ring (bicyclic) bond motifs is 1. The van der Waals surface area contributed by atoms with E-state index in [1.165, 1.54) is 0 Å². The Morgan fingerprint density at radius 2 is 1.89 bits per heavy atom. The Labute approximate surface area is 201 Å². The van der Waals surface area contributed by atoms with Crippen molar-refractivity contribution >= 4 is 11.6 Å². The van der Waals surface area contributed by atoms with Gasteiger partial charge in [0.15, 0.2) is 11.5 Å². The van der Waals surface area contributed by atoms with E-state index in [4.69, 9.17) is 9.72 Å². The Hall–Kier alpha value is -4.47. The number of aromatic amines is 1. The molecule has 10 nitrogen and oxygen atoms in total. The molecule has 0 aliphatic heterocycles. The second kappa shape index (κ2) is 9.41. The number of benzene rings is 2. The highest BCUT2D eigenvalue weighted by molar-refractivity contribution is 5.86. The zero-order valence-corrected chi connectivity index (χ0v) is 19.7. The molecule has 0 amide bonds. The van der Waals surface area contributed by atoms with Crippen molar-refractivity contribution in [2.45, 2.75) is 33.6 Å². The molecule has 10 heteroatoms. The maximum Gasteiger partial charge on any atom is 0.378 e. The first-order valence-electron chi connectivity index (χ1n) is 11.4. The van der Waals surface area contributed by atoms with Crippen molar-refractivity contribution in [1.29, 1.82) is 0 Å². The second-order valence-corrected chi connectivity index (χ2v) is 8.00. The predicted octanol–water partition coefficient (Wildman–Crippen LogP) is 3.61. The number of carbonyl (C=O) groups excluding carboxylic acids is 1. The highest BCUT2D eigenvalue weighted by Crippen LogP contribution is 2.32. The molecule has 0 fully saturated rings. The number of aryl methyl sites for hydroxylation is 2. The lowest BCUT2D eigenvalue weighted by atomic mass is 9.94. The third-order valence-electron chi connectivity index (χ3n) is 5.77. The quantitative estimate of drug-likeness (QED) is 0.359. The smallest absolute Gasteiger partial charge is 0.378 e. The molecule has 0 aliphatic carbocycles. The lowest BCUT2D eigenvalue weighted by Crippen LogP contribution is -2.08. The second-order valence-electron chi connectivity index (χ2n) is 8.00. The maximum absolute atomic E-state index is 12.3. The van der Waals surface area contributed by atoms with E-state index in [2.05, 4.69) is 68.0 Å². The van der Waals surface area contributed by atoms with Gasteiger partial charge < -0.3 is 4.74 Å². The van der Waals surface area contributed by atoms with E-state index < -0.39 is 5.97 Å². The summed E-state index contributed by atoms with van der Waals surface area (Å²) in [4.78, 5) is 21.6. The fourth-order valence-corrected chi connectivity index (χ4v) is 4.17. The van der Waals surface area contributed by atoms with Gasteiger partial charge in [-0.05, 0) is 53.5 Å². The molecule has 5 aromatic rings. The summed E-state index contributed by atoms with van der Waals surface area (Å²) in [5.41, 5.74) is 6.43. The van der Waals surface area contributed by atoms with E-state index in [1.54, 1.807) is 11.4 Å². The molecule has 0 unspecified atom stereocenters. The first kappa shape index (κ1) is 22.3. The van der Waals surface area contributed by atoms with Gasteiger partial charge in [0.2, 0.25) is 0 Å². The van der Waals surface area contributed by atoms with Gasteiger partial charge in [0.25, 0.3) is 5.82 Å². The van der Waals surface area contributed by atoms with Gasteiger partial charge in [-0.25, -0.2) is 19.9 Å². The van der Waals surface area contributed by atoms with Crippen LogP contribution in [-0.4, -0.2) is 52.8 Å². The lowest BCUT2D eigenvalue weighted by molar-refractivity contribution is 0.0512. The van der Waals surface area contributed by atoms with E-state index >= 15 is 0 Å². The molecular weight excluding hydrogens is 444 g/mol. The van der Waals surface area contributed by atoms with Gasteiger partial charge in [0.1, 0.15) is 5.82 Å². The number of hydrogen-bond donors (Lipinski definition) is 1. The fraction of sp³-hybridized carbons (Fsp3) is 0.240. The molecule has 3 heterocycles. The summed E-state index contributed by atoms with van der Waals surface area (Å²) >= 11 is 0. The van der Waals surface area contributed by atoms with E-state index in [0.29, 0.717) is 23.7 Å². The van der Waals surface area contributed by atoms with Crippen LogP contribution in [0.5, 0.6) is 0 Å². The number of rotatable bonds is 7. The Balaban J connectivity index is 1.62. The topological polar surface area (TPSA) is 124 Å².